The molecule has 1 aliphatic heterocycles. The molecular formula is C24H19Cl2NO4S. The summed E-state index contributed by atoms with van der Waals surface area (Å²) in [6, 6.07) is 18.7. The second kappa shape index (κ2) is 8.62. The van der Waals surface area contributed by atoms with Gasteiger partial charge in [0.05, 0.1) is 10.9 Å². The minimum Gasteiger partial charge on any atom is -0.502 e. The van der Waals surface area contributed by atoms with Gasteiger partial charge >= 0.3 is 0 Å². The zero-order valence-electron chi connectivity index (χ0n) is 17.0. The Balaban J connectivity index is 1.87. The van der Waals surface area contributed by atoms with E-state index < -0.39 is 27.5 Å². The van der Waals surface area contributed by atoms with E-state index in [1.54, 1.807) is 60.7 Å². The van der Waals surface area contributed by atoms with Crippen LogP contribution in [0.1, 0.15) is 22.7 Å². The van der Waals surface area contributed by atoms with E-state index in [4.69, 9.17) is 23.2 Å². The van der Waals surface area contributed by atoms with Crippen molar-refractivity contribution >= 4 is 38.9 Å². The SMILES string of the molecule is Cc1ccc(S(=O)(=O)C2=C(O)C(=O)N(Cc3ccccc3Cl)[C@H]2c2ccc(Cl)cc2)cc1. The molecule has 0 fully saturated rings. The van der Waals surface area contributed by atoms with E-state index in [1.807, 2.05) is 6.92 Å². The van der Waals surface area contributed by atoms with Gasteiger partial charge in [0.2, 0.25) is 9.84 Å². The molecule has 8 heteroatoms. The minimum absolute atomic E-state index is 0.00370. The zero-order valence-corrected chi connectivity index (χ0v) is 19.3. The van der Waals surface area contributed by atoms with Gasteiger partial charge in [-0.15, -0.1) is 0 Å². The third-order valence-corrected chi connectivity index (χ3v) is 7.87. The molecule has 0 saturated carbocycles. The predicted octanol–water partition coefficient (Wildman–Crippen LogP) is 5.63. The third kappa shape index (κ3) is 4.01. The first-order chi connectivity index (χ1) is 15.2. The molecule has 0 spiro atoms. The summed E-state index contributed by atoms with van der Waals surface area (Å²) in [7, 11) is -4.18. The lowest BCUT2D eigenvalue weighted by atomic mass is 10.1. The molecule has 32 heavy (non-hydrogen) atoms. The molecule has 3 aromatic rings. The van der Waals surface area contributed by atoms with Crippen LogP contribution in [0.4, 0.5) is 0 Å². The number of sulfone groups is 1. The normalized spacial score (nSPS) is 16.7. The third-order valence-electron chi connectivity index (χ3n) is 5.36. The Hall–Kier alpha value is -2.80. The molecule has 0 aromatic heterocycles. The summed E-state index contributed by atoms with van der Waals surface area (Å²) in [5.41, 5.74) is 2.02. The van der Waals surface area contributed by atoms with Gasteiger partial charge in [-0.25, -0.2) is 8.42 Å². The molecule has 1 amide bonds. The van der Waals surface area contributed by atoms with Crippen molar-refractivity contribution in [2.75, 3.05) is 0 Å². The van der Waals surface area contributed by atoms with E-state index in [0.717, 1.165) is 5.56 Å². The molecule has 1 aliphatic rings. The molecule has 3 aromatic carbocycles. The molecule has 4 rings (SSSR count). The van der Waals surface area contributed by atoms with Crippen molar-refractivity contribution in [3.8, 4) is 0 Å². The first-order valence-corrected chi connectivity index (χ1v) is 12.0. The van der Waals surface area contributed by atoms with Crippen molar-refractivity contribution < 1.29 is 18.3 Å². The number of aliphatic hydroxyl groups is 1. The van der Waals surface area contributed by atoms with Crippen LogP contribution in [0, 0.1) is 6.92 Å². The number of nitrogens with zero attached hydrogens (tertiary/aromatic N) is 1. The van der Waals surface area contributed by atoms with Gasteiger partial charge in [0.15, 0.2) is 5.76 Å². The molecule has 1 atom stereocenters. The van der Waals surface area contributed by atoms with Crippen LogP contribution in [0.25, 0.3) is 0 Å². The van der Waals surface area contributed by atoms with Crippen molar-refractivity contribution in [1.29, 1.82) is 0 Å². The molecule has 1 N–H and O–H groups in total. The van der Waals surface area contributed by atoms with Crippen LogP contribution in [0.5, 0.6) is 0 Å². The summed E-state index contributed by atoms with van der Waals surface area (Å²) in [6.45, 7) is 1.86. The van der Waals surface area contributed by atoms with Crippen molar-refractivity contribution in [2.24, 2.45) is 0 Å². The van der Waals surface area contributed by atoms with Gasteiger partial charge in [0.25, 0.3) is 5.91 Å². The number of hydrogen-bond donors (Lipinski definition) is 1. The van der Waals surface area contributed by atoms with Crippen LogP contribution < -0.4 is 0 Å². The summed E-state index contributed by atoms with van der Waals surface area (Å²) < 4.78 is 27.1. The second-order valence-electron chi connectivity index (χ2n) is 7.51. The quantitative estimate of drug-likeness (QED) is 0.505. The van der Waals surface area contributed by atoms with Gasteiger partial charge in [-0.1, -0.05) is 71.2 Å². The molecule has 1 heterocycles. The second-order valence-corrected chi connectivity index (χ2v) is 10.3. The number of aryl methyl sites for hydroxylation is 1. The molecule has 0 radical (unpaired) electrons. The lowest BCUT2D eigenvalue weighted by molar-refractivity contribution is -0.130. The average molecular weight is 488 g/mol. The fourth-order valence-corrected chi connectivity index (χ4v) is 5.67. The number of halogens is 2. The first kappa shape index (κ1) is 22.4. The maximum atomic E-state index is 13.6. The van der Waals surface area contributed by atoms with E-state index in [2.05, 4.69) is 0 Å². The highest BCUT2D eigenvalue weighted by Crippen LogP contribution is 2.43. The van der Waals surface area contributed by atoms with Crippen molar-refractivity contribution in [2.45, 2.75) is 24.4 Å². The standard InChI is InChI=1S/C24H19Cl2NO4S/c1-15-6-12-19(13-7-15)32(30,31)23-21(16-8-10-18(25)11-9-16)27(24(29)22(23)28)14-17-4-2-3-5-20(17)26/h2-13,21,28H,14H2,1H3/t21-/m0/s1. The first-order valence-electron chi connectivity index (χ1n) is 9.75. The highest BCUT2D eigenvalue weighted by atomic mass is 35.5. The average Bonchev–Trinajstić information content (AvgIpc) is 3.02. The Labute approximate surface area is 196 Å². The Morgan fingerprint density at radius 3 is 2.19 bits per heavy atom. The summed E-state index contributed by atoms with van der Waals surface area (Å²) in [4.78, 5) is 14.0. The van der Waals surface area contributed by atoms with Crippen LogP contribution in [-0.2, 0) is 21.2 Å². The minimum atomic E-state index is -4.18. The largest absolute Gasteiger partial charge is 0.502 e. The lowest BCUT2D eigenvalue weighted by Crippen LogP contribution is -2.30. The van der Waals surface area contributed by atoms with E-state index in [0.29, 0.717) is 21.2 Å². The van der Waals surface area contributed by atoms with Crippen LogP contribution in [0.3, 0.4) is 0 Å². The van der Waals surface area contributed by atoms with Crippen molar-refractivity contribution in [3.05, 3.63) is 110 Å². The van der Waals surface area contributed by atoms with Gasteiger partial charge in [-0.2, -0.15) is 0 Å². The molecule has 0 aliphatic carbocycles. The van der Waals surface area contributed by atoms with Gasteiger partial charge in [0, 0.05) is 16.6 Å². The number of benzene rings is 3. The number of rotatable bonds is 5. The topological polar surface area (TPSA) is 74.7 Å². The summed E-state index contributed by atoms with van der Waals surface area (Å²) in [5.74, 6) is -1.58. The maximum absolute atomic E-state index is 13.6. The highest BCUT2D eigenvalue weighted by molar-refractivity contribution is 7.95. The smallest absolute Gasteiger partial charge is 0.290 e. The molecular weight excluding hydrogens is 469 g/mol. The zero-order chi connectivity index (χ0) is 23.0. The molecule has 0 unspecified atom stereocenters. The van der Waals surface area contributed by atoms with Crippen LogP contribution in [0.15, 0.2) is 88.4 Å². The van der Waals surface area contributed by atoms with Gasteiger partial charge in [-0.3, -0.25) is 4.79 Å². The van der Waals surface area contributed by atoms with Crippen molar-refractivity contribution in [1.82, 2.24) is 4.90 Å². The van der Waals surface area contributed by atoms with Crippen LogP contribution >= 0.6 is 23.2 Å². The lowest BCUT2D eigenvalue weighted by Gasteiger charge is -2.27. The number of aliphatic hydroxyl groups excluding tert-OH is 1. The molecule has 5 nitrogen and oxygen atoms in total. The molecule has 0 bridgehead atoms. The number of carbonyl (C=O) groups excluding carboxylic acids is 1. The summed E-state index contributed by atoms with van der Waals surface area (Å²) in [6.07, 6.45) is 0. The van der Waals surface area contributed by atoms with Crippen molar-refractivity contribution in [3.63, 3.8) is 0 Å². The fraction of sp³-hybridized carbons (Fsp3) is 0.125. The van der Waals surface area contributed by atoms with Crippen LogP contribution in [-0.4, -0.2) is 24.3 Å². The fourth-order valence-electron chi connectivity index (χ4n) is 3.70. The monoisotopic (exact) mass is 487 g/mol. The highest BCUT2D eigenvalue weighted by Gasteiger charge is 2.46. The Bertz CT molecular complexity index is 1320. The Morgan fingerprint density at radius 2 is 1.56 bits per heavy atom. The van der Waals surface area contributed by atoms with E-state index >= 15 is 0 Å². The number of hydrogen-bond acceptors (Lipinski definition) is 4. The van der Waals surface area contributed by atoms with E-state index in [-0.39, 0.29) is 16.3 Å². The Kier molecular flexibility index (Phi) is 6.03. The van der Waals surface area contributed by atoms with Gasteiger partial charge in [-0.05, 0) is 48.4 Å². The predicted molar refractivity (Wildman–Crippen MR) is 124 cm³/mol. The van der Waals surface area contributed by atoms with E-state index in [9.17, 15) is 18.3 Å². The summed E-state index contributed by atoms with van der Waals surface area (Å²) >= 11 is 12.3. The maximum Gasteiger partial charge on any atom is 0.290 e. The number of carbonyl (C=O) groups is 1. The molecule has 0 saturated heterocycles. The van der Waals surface area contributed by atoms with E-state index in [1.165, 1.54) is 17.0 Å². The van der Waals surface area contributed by atoms with Gasteiger partial charge < -0.3 is 10.0 Å². The summed E-state index contributed by atoms with van der Waals surface area (Å²) in [5, 5.41) is 11.7. The van der Waals surface area contributed by atoms with Crippen LogP contribution in [0.2, 0.25) is 10.0 Å². The number of amides is 1. The van der Waals surface area contributed by atoms with Gasteiger partial charge in [0.1, 0.15) is 4.91 Å². The Morgan fingerprint density at radius 1 is 0.938 bits per heavy atom. The molecule has 164 valence electrons.